The van der Waals surface area contributed by atoms with E-state index in [4.69, 9.17) is 0 Å². The summed E-state index contributed by atoms with van der Waals surface area (Å²) in [4.78, 5) is 29.3. The third kappa shape index (κ3) is 3.35. The number of carbonyl (C=O) groups is 2. The molecule has 2 aliphatic rings. The summed E-state index contributed by atoms with van der Waals surface area (Å²) in [5, 5.41) is 3.22. The topological polar surface area (TPSA) is 52.7 Å². The van der Waals surface area contributed by atoms with Gasteiger partial charge >= 0.3 is 0 Å². The number of fused-ring (bicyclic) bond motifs is 1. The first-order valence-corrected chi connectivity index (χ1v) is 9.17. The number of benzene rings is 2. The average Bonchev–Trinajstić information content (AvgIpc) is 3.10. The van der Waals surface area contributed by atoms with Crippen molar-refractivity contribution in [3.05, 3.63) is 65.7 Å². The minimum Gasteiger partial charge on any atom is -0.336 e. The van der Waals surface area contributed by atoms with Crippen LogP contribution in [0, 0.1) is 0 Å². The minimum atomic E-state index is -0.437. The van der Waals surface area contributed by atoms with Crippen molar-refractivity contribution in [1.82, 2.24) is 10.2 Å². The molecule has 4 rings (SSSR count). The first kappa shape index (κ1) is 16.8. The van der Waals surface area contributed by atoms with Crippen molar-refractivity contribution in [3.8, 4) is 0 Å². The van der Waals surface area contributed by atoms with E-state index in [0.29, 0.717) is 26.2 Å². The quantitative estimate of drug-likeness (QED) is 0.918. The first-order chi connectivity index (χ1) is 12.7. The molecule has 1 saturated heterocycles. The minimum absolute atomic E-state index is 0.0148. The van der Waals surface area contributed by atoms with Gasteiger partial charge in [0.25, 0.3) is 0 Å². The smallest absolute Gasteiger partial charge is 0.240 e. The molecule has 0 spiro atoms. The maximum Gasteiger partial charge on any atom is 0.240 e. The Balaban J connectivity index is 1.41. The second-order valence-electron chi connectivity index (χ2n) is 6.88. The van der Waals surface area contributed by atoms with Gasteiger partial charge in [0, 0.05) is 31.9 Å². The predicted molar refractivity (Wildman–Crippen MR) is 101 cm³/mol. The molecule has 2 amide bonds. The first-order valence-electron chi connectivity index (χ1n) is 9.17. The lowest BCUT2D eigenvalue weighted by molar-refractivity contribution is -0.138. The van der Waals surface area contributed by atoms with Gasteiger partial charge in [-0.15, -0.1) is 0 Å². The van der Waals surface area contributed by atoms with Gasteiger partial charge in [-0.25, -0.2) is 0 Å². The number of piperazine rings is 1. The number of para-hydroxylation sites is 1. The fourth-order valence-electron chi connectivity index (χ4n) is 3.79. The number of hydrogen-bond donors (Lipinski definition) is 1. The lowest BCUT2D eigenvalue weighted by atomic mass is 10.1. The molecule has 2 aliphatic heterocycles. The molecule has 1 N–H and O–H groups in total. The lowest BCUT2D eigenvalue weighted by Gasteiger charge is -2.33. The van der Waals surface area contributed by atoms with Gasteiger partial charge in [-0.05, 0) is 23.6 Å². The van der Waals surface area contributed by atoms with E-state index >= 15 is 0 Å². The maximum absolute atomic E-state index is 12.8. The highest BCUT2D eigenvalue weighted by Gasteiger charge is 2.33. The molecule has 0 saturated carbocycles. The Kier molecular flexibility index (Phi) is 4.71. The van der Waals surface area contributed by atoms with E-state index in [9.17, 15) is 9.59 Å². The van der Waals surface area contributed by atoms with Crippen molar-refractivity contribution >= 4 is 17.5 Å². The van der Waals surface area contributed by atoms with Crippen molar-refractivity contribution in [2.45, 2.75) is 25.4 Å². The fourth-order valence-corrected chi connectivity index (χ4v) is 3.79. The standard InChI is InChI=1S/C21H23N3O2/c25-20(24-12-10-17-8-4-5-9-19(17)24)14-18-21(26)23(13-11-22-18)15-16-6-2-1-3-7-16/h1-9,18,22H,10-15H2. The second kappa shape index (κ2) is 7.30. The molecule has 1 fully saturated rings. The number of carbonyl (C=O) groups excluding carboxylic acids is 2. The summed E-state index contributed by atoms with van der Waals surface area (Å²) in [7, 11) is 0. The Morgan fingerprint density at radius 3 is 2.65 bits per heavy atom. The molecular weight excluding hydrogens is 326 g/mol. The van der Waals surface area contributed by atoms with E-state index in [0.717, 1.165) is 17.7 Å². The van der Waals surface area contributed by atoms with Crippen LogP contribution in [-0.2, 0) is 22.6 Å². The van der Waals surface area contributed by atoms with Crippen LogP contribution in [0.1, 0.15) is 17.5 Å². The summed E-state index contributed by atoms with van der Waals surface area (Å²) in [6.45, 7) is 2.68. The van der Waals surface area contributed by atoms with Crippen LogP contribution in [0.15, 0.2) is 54.6 Å². The number of hydrogen-bond acceptors (Lipinski definition) is 3. The highest BCUT2D eigenvalue weighted by Crippen LogP contribution is 2.28. The molecule has 0 aromatic heterocycles. The third-order valence-corrected chi connectivity index (χ3v) is 5.17. The summed E-state index contributed by atoms with van der Waals surface area (Å²) >= 11 is 0. The molecule has 0 aliphatic carbocycles. The van der Waals surface area contributed by atoms with E-state index in [1.54, 1.807) is 0 Å². The van der Waals surface area contributed by atoms with E-state index in [-0.39, 0.29) is 18.2 Å². The Morgan fingerprint density at radius 1 is 1.04 bits per heavy atom. The van der Waals surface area contributed by atoms with Gasteiger partial charge in [0.2, 0.25) is 11.8 Å². The van der Waals surface area contributed by atoms with Crippen LogP contribution >= 0.6 is 0 Å². The molecule has 1 unspecified atom stereocenters. The molecule has 26 heavy (non-hydrogen) atoms. The monoisotopic (exact) mass is 349 g/mol. The van der Waals surface area contributed by atoms with Gasteiger partial charge in [0.05, 0.1) is 12.5 Å². The zero-order valence-corrected chi connectivity index (χ0v) is 14.7. The Morgan fingerprint density at radius 2 is 1.81 bits per heavy atom. The van der Waals surface area contributed by atoms with E-state index in [1.165, 1.54) is 5.56 Å². The van der Waals surface area contributed by atoms with Crippen molar-refractivity contribution in [2.75, 3.05) is 24.5 Å². The molecule has 0 bridgehead atoms. The van der Waals surface area contributed by atoms with Crippen LogP contribution < -0.4 is 10.2 Å². The number of nitrogens with one attached hydrogen (secondary N) is 1. The highest BCUT2D eigenvalue weighted by atomic mass is 16.2. The molecule has 2 heterocycles. The average molecular weight is 349 g/mol. The zero-order valence-electron chi connectivity index (χ0n) is 14.7. The van der Waals surface area contributed by atoms with Crippen LogP contribution in [0.2, 0.25) is 0 Å². The van der Waals surface area contributed by atoms with Crippen molar-refractivity contribution < 1.29 is 9.59 Å². The van der Waals surface area contributed by atoms with Crippen molar-refractivity contribution in [3.63, 3.8) is 0 Å². The zero-order chi connectivity index (χ0) is 17.9. The van der Waals surface area contributed by atoms with Gasteiger partial charge in [0.15, 0.2) is 0 Å². The van der Waals surface area contributed by atoms with Crippen LogP contribution in [-0.4, -0.2) is 42.4 Å². The maximum atomic E-state index is 12.8. The van der Waals surface area contributed by atoms with E-state index in [1.807, 2.05) is 58.3 Å². The van der Waals surface area contributed by atoms with Crippen LogP contribution in [0.5, 0.6) is 0 Å². The summed E-state index contributed by atoms with van der Waals surface area (Å²) in [6.07, 6.45) is 1.09. The summed E-state index contributed by atoms with van der Waals surface area (Å²) in [6, 6.07) is 17.5. The van der Waals surface area contributed by atoms with Crippen LogP contribution in [0.3, 0.4) is 0 Å². The number of nitrogens with zero attached hydrogens (tertiary/aromatic N) is 2. The summed E-state index contributed by atoms with van der Waals surface area (Å²) in [5.74, 6) is 0.0308. The molecule has 5 heteroatoms. The molecular formula is C21H23N3O2. The van der Waals surface area contributed by atoms with Gasteiger partial charge in [-0.1, -0.05) is 48.5 Å². The molecule has 2 aromatic carbocycles. The van der Waals surface area contributed by atoms with Crippen LogP contribution in [0.25, 0.3) is 0 Å². The molecule has 134 valence electrons. The molecule has 0 radical (unpaired) electrons. The Labute approximate surface area is 153 Å². The van der Waals surface area contributed by atoms with Crippen molar-refractivity contribution in [2.24, 2.45) is 0 Å². The Hall–Kier alpha value is -2.66. The van der Waals surface area contributed by atoms with Gasteiger partial charge in [0.1, 0.15) is 0 Å². The fraction of sp³-hybridized carbons (Fsp3) is 0.333. The molecule has 2 aromatic rings. The normalized spacial score (nSPS) is 19.5. The van der Waals surface area contributed by atoms with E-state index < -0.39 is 6.04 Å². The number of amides is 2. The second-order valence-corrected chi connectivity index (χ2v) is 6.88. The van der Waals surface area contributed by atoms with Crippen LogP contribution in [0.4, 0.5) is 5.69 Å². The molecule has 5 nitrogen and oxygen atoms in total. The number of rotatable bonds is 4. The largest absolute Gasteiger partial charge is 0.336 e. The lowest BCUT2D eigenvalue weighted by Crippen LogP contribution is -2.56. The summed E-state index contributed by atoms with van der Waals surface area (Å²) in [5.41, 5.74) is 3.30. The highest BCUT2D eigenvalue weighted by molar-refractivity contribution is 5.98. The van der Waals surface area contributed by atoms with E-state index in [2.05, 4.69) is 11.4 Å². The number of anilines is 1. The van der Waals surface area contributed by atoms with Crippen molar-refractivity contribution in [1.29, 1.82) is 0 Å². The SMILES string of the molecule is O=C1C(CC(=O)N2CCc3ccccc32)NCCN1Cc1ccccc1. The van der Waals surface area contributed by atoms with Gasteiger partial charge < -0.3 is 15.1 Å². The third-order valence-electron chi connectivity index (χ3n) is 5.17. The summed E-state index contributed by atoms with van der Waals surface area (Å²) < 4.78 is 0. The Bertz CT molecular complexity index is 806. The van der Waals surface area contributed by atoms with Gasteiger partial charge in [-0.3, -0.25) is 9.59 Å². The predicted octanol–water partition coefficient (Wildman–Crippen LogP) is 1.97. The van der Waals surface area contributed by atoms with Gasteiger partial charge in [-0.2, -0.15) is 0 Å². The molecule has 1 atom stereocenters.